The molecular formula is C19H17N3O4S. The standard InChI is InChI=1S/C19H17N3O4S/c1-12-18(27-17-10-6-15(7-11-17)22(24)25)13(2)21(20-12)19(23)14-4-8-16(26-3)9-5-14/h4-11H,1-3H3. The quantitative estimate of drug-likeness (QED) is 0.483. The molecular weight excluding hydrogens is 366 g/mol. The van der Waals surface area contributed by atoms with Crippen LogP contribution in [-0.4, -0.2) is 27.7 Å². The fraction of sp³-hybridized carbons (Fsp3) is 0.158. The minimum absolute atomic E-state index is 0.0400. The summed E-state index contributed by atoms with van der Waals surface area (Å²) >= 11 is 1.42. The van der Waals surface area contributed by atoms with Gasteiger partial charge in [-0.05, 0) is 50.2 Å². The first-order chi connectivity index (χ1) is 12.9. The van der Waals surface area contributed by atoms with Gasteiger partial charge in [-0.15, -0.1) is 0 Å². The summed E-state index contributed by atoms with van der Waals surface area (Å²) in [6, 6.07) is 13.1. The van der Waals surface area contributed by atoms with Crippen LogP contribution in [0.3, 0.4) is 0 Å². The smallest absolute Gasteiger partial charge is 0.278 e. The molecule has 0 amide bonds. The second kappa shape index (κ2) is 7.63. The lowest BCUT2D eigenvalue weighted by atomic mass is 10.2. The number of benzene rings is 2. The van der Waals surface area contributed by atoms with Crippen molar-refractivity contribution >= 4 is 23.4 Å². The summed E-state index contributed by atoms with van der Waals surface area (Å²) in [5.74, 6) is 0.447. The molecule has 0 bridgehead atoms. The number of nitro groups is 1. The first kappa shape index (κ1) is 18.7. The summed E-state index contributed by atoms with van der Waals surface area (Å²) in [5.41, 5.74) is 1.99. The summed E-state index contributed by atoms with van der Waals surface area (Å²) in [6.07, 6.45) is 0. The van der Waals surface area contributed by atoms with Gasteiger partial charge in [-0.3, -0.25) is 14.9 Å². The van der Waals surface area contributed by atoms with Gasteiger partial charge in [0.2, 0.25) is 0 Å². The number of hydrogen-bond acceptors (Lipinski definition) is 6. The second-order valence-corrected chi connectivity index (χ2v) is 6.88. The lowest BCUT2D eigenvalue weighted by Gasteiger charge is -2.06. The molecule has 0 fully saturated rings. The number of nitrogens with zero attached hydrogens (tertiary/aromatic N) is 3. The van der Waals surface area contributed by atoms with E-state index in [0.29, 0.717) is 11.3 Å². The van der Waals surface area contributed by atoms with Gasteiger partial charge in [-0.25, -0.2) is 0 Å². The molecule has 0 aliphatic rings. The van der Waals surface area contributed by atoms with E-state index in [2.05, 4.69) is 5.10 Å². The Labute approximate surface area is 160 Å². The number of methoxy groups -OCH3 is 1. The Morgan fingerprint density at radius 1 is 1.11 bits per heavy atom. The Hall–Kier alpha value is -3.13. The molecule has 8 heteroatoms. The van der Waals surface area contributed by atoms with E-state index in [9.17, 15) is 14.9 Å². The predicted octanol–water partition coefficient (Wildman–Crippen LogP) is 4.26. The van der Waals surface area contributed by atoms with Crippen LogP contribution in [0.2, 0.25) is 0 Å². The van der Waals surface area contributed by atoms with Crippen molar-refractivity contribution in [1.82, 2.24) is 9.78 Å². The SMILES string of the molecule is COc1ccc(C(=O)n2nc(C)c(Sc3ccc([N+](=O)[O-])cc3)c2C)cc1. The number of aromatic nitrogens is 2. The third-order valence-corrected chi connectivity index (χ3v) is 5.32. The van der Waals surface area contributed by atoms with Gasteiger partial charge in [0, 0.05) is 22.6 Å². The number of non-ortho nitro benzene ring substituents is 1. The number of hydrogen-bond donors (Lipinski definition) is 0. The van der Waals surface area contributed by atoms with Crippen LogP contribution in [0.25, 0.3) is 0 Å². The van der Waals surface area contributed by atoms with Crippen LogP contribution in [0.4, 0.5) is 5.69 Å². The Bertz CT molecular complexity index is 995. The highest BCUT2D eigenvalue weighted by Gasteiger charge is 2.19. The molecule has 0 spiro atoms. The number of rotatable bonds is 5. The maximum Gasteiger partial charge on any atom is 0.278 e. The van der Waals surface area contributed by atoms with Gasteiger partial charge in [-0.2, -0.15) is 9.78 Å². The Balaban J connectivity index is 1.87. The van der Waals surface area contributed by atoms with Gasteiger partial charge in [-0.1, -0.05) is 11.8 Å². The average molecular weight is 383 g/mol. The van der Waals surface area contributed by atoms with Crippen molar-refractivity contribution in [2.24, 2.45) is 0 Å². The van der Waals surface area contributed by atoms with Crippen molar-refractivity contribution in [3.05, 3.63) is 75.6 Å². The molecule has 3 aromatic rings. The molecule has 27 heavy (non-hydrogen) atoms. The van der Waals surface area contributed by atoms with Crippen molar-refractivity contribution < 1.29 is 14.5 Å². The molecule has 0 unspecified atom stereocenters. The predicted molar refractivity (Wildman–Crippen MR) is 102 cm³/mol. The zero-order valence-corrected chi connectivity index (χ0v) is 15.8. The average Bonchev–Trinajstić information content (AvgIpc) is 2.96. The van der Waals surface area contributed by atoms with E-state index < -0.39 is 4.92 Å². The maximum atomic E-state index is 12.8. The molecule has 0 aliphatic heterocycles. The van der Waals surface area contributed by atoms with Crippen molar-refractivity contribution in [2.75, 3.05) is 7.11 Å². The lowest BCUT2D eigenvalue weighted by molar-refractivity contribution is -0.384. The number of carbonyl (C=O) groups is 1. The zero-order chi connectivity index (χ0) is 19.6. The van der Waals surface area contributed by atoms with Gasteiger partial charge in [0.25, 0.3) is 11.6 Å². The van der Waals surface area contributed by atoms with Crippen molar-refractivity contribution in [1.29, 1.82) is 0 Å². The van der Waals surface area contributed by atoms with E-state index in [0.717, 1.165) is 21.2 Å². The molecule has 0 radical (unpaired) electrons. The van der Waals surface area contributed by atoms with Gasteiger partial charge < -0.3 is 4.74 Å². The highest BCUT2D eigenvalue weighted by molar-refractivity contribution is 7.99. The molecule has 138 valence electrons. The second-order valence-electron chi connectivity index (χ2n) is 5.80. The van der Waals surface area contributed by atoms with Crippen LogP contribution in [0.15, 0.2) is 58.3 Å². The van der Waals surface area contributed by atoms with Crippen LogP contribution in [0, 0.1) is 24.0 Å². The first-order valence-electron chi connectivity index (χ1n) is 8.08. The molecule has 1 heterocycles. The van der Waals surface area contributed by atoms with E-state index in [-0.39, 0.29) is 11.6 Å². The van der Waals surface area contributed by atoms with E-state index in [1.807, 2.05) is 13.8 Å². The van der Waals surface area contributed by atoms with Gasteiger partial charge in [0.15, 0.2) is 0 Å². The third-order valence-electron chi connectivity index (χ3n) is 4.02. The molecule has 0 saturated heterocycles. The fourth-order valence-electron chi connectivity index (χ4n) is 2.58. The molecule has 0 saturated carbocycles. The minimum Gasteiger partial charge on any atom is -0.497 e. The largest absolute Gasteiger partial charge is 0.497 e. The number of aryl methyl sites for hydroxylation is 1. The van der Waals surface area contributed by atoms with Gasteiger partial charge in [0.05, 0.1) is 28.3 Å². The molecule has 1 aromatic heterocycles. The molecule has 0 atom stereocenters. The third kappa shape index (κ3) is 3.85. The summed E-state index contributed by atoms with van der Waals surface area (Å²) in [6.45, 7) is 3.66. The first-order valence-corrected chi connectivity index (χ1v) is 8.89. The van der Waals surface area contributed by atoms with E-state index in [4.69, 9.17) is 4.74 Å². The Morgan fingerprint density at radius 2 is 1.74 bits per heavy atom. The van der Waals surface area contributed by atoms with Crippen LogP contribution < -0.4 is 4.74 Å². The summed E-state index contributed by atoms with van der Waals surface area (Å²) in [5, 5.41) is 15.2. The lowest BCUT2D eigenvalue weighted by Crippen LogP contribution is -2.15. The molecule has 7 nitrogen and oxygen atoms in total. The minimum atomic E-state index is -0.434. The molecule has 2 aromatic carbocycles. The Morgan fingerprint density at radius 3 is 2.30 bits per heavy atom. The van der Waals surface area contributed by atoms with Gasteiger partial charge in [0.1, 0.15) is 5.75 Å². The highest BCUT2D eigenvalue weighted by Crippen LogP contribution is 2.33. The molecule has 0 N–H and O–H groups in total. The van der Waals surface area contributed by atoms with Crippen LogP contribution in [-0.2, 0) is 0 Å². The Kier molecular flexibility index (Phi) is 5.27. The molecule has 3 rings (SSSR count). The number of ether oxygens (including phenoxy) is 1. The zero-order valence-electron chi connectivity index (χ0n) is 15.0. The van der Waals surface area contributed by atoms with E-state index in [1.165, 1.54) is 28.6 Å². The van der Waals surface area contributed by atoms with Crippen molar-refractivity contribution in [2.45, 2.75) is 23.6 Å². The van der Waals surface area contributed by atoms with Crippen molar-refractivity contribution in [3.8, 4) is 5.75 Å². The maximum absolute atomic E-state index is 12.8. The van der Waals surface area contributed by atoms with Crippen LogP contribution in [0.1, 0.15) is 21.7 Å². The topological polar surface area (TPSA) is 87.3 Å². The van der Waals surface area contributed by atoms with E-state index >= 15 is 0 Å². The summed E-state index contributed by atoms with van der Waals surface area (Å²) < 4.78 is 6.49. The van der Waals surface area contributed by atoms with Crippen LogP contribution in [0.5, 0.6) is 5.75 Å². The summed E-state index contributed by atoms with van der Waals surface area (Å²) in [7, 11) is 1.57. The fourth-order valence-corrected chi connectivity index (χ4v) is 3.51. The normalized spacial score (nSPS) is 10.6. The monoisotopic (exact) mass is 383 g/mol. The van der Waals surface area contributed by atoms with E-state index in [1.54, 1.807) is 43.5 Å². The number of carbonyl (C=O) groups excluding carboxylic acids is 1. The van der Waals surface area contributed by atoms with Gasteiger partial charge >= 0.3 is 0 Å². The number of nitro benzene ring substituents is 1. The summed E-state index contributed by atoms with van der Waals surface area (Å²) in [4.78, 5) is 24.8. The van der Waals surface area contributed by atoms with Crippen molar-refractivity contribution in [3.63, 3.8) is 0 Å². The van der Waals surface area contributed by atoms with Crippen LogP contribution >= 0.6 is 11.8 Å². The molecule has 0 aliphatic carbocycles. The highest BCUT2D eigenvalue weighted by atomic mass is 32.2.